The van der Waals surface area contributed by atoms with Crippen molar-refractivity contribution in [2.75, 3.05) is 0 Å². The van der Waals surface area contributed by atoms with Crippen LogP contribution in [0, 0.1) is 0 Å². The molecule has 0 bridgehead atoms. The molecule has 2 aromatic rings. The molecule has 1 N–H and O–H groups in total. The molecule has 17 heavy (non-hydrogen) atoms. The van der Waals surface area contributed by atoms with Gasteiger partial charge < -0.3 is 4.98 Å². The van der Waals surface area contributed by atoms with Crippen molar-refractivity contribution in [1.82, 2.24) is 9.97 Å². The van der Waals surface area contributed by atoms with Crippen molar-refractivity contribution in [3.05, 3.63) is 22.9 Å². The van der Waals surface area contributed by atoms with Gasteiger partial charge in [-0.2, -0.15) is 13.2 Å². The Labute approximate surface area is 102 Å². The molecule has 0 aliphatic carbocycles. The van der Waals surface area contributed by atoms with Gasteiger partial charge in [0.2, 0.25) is 0 Å². The van der Waals surface area contributed by atoms with E-state index in [1.807, 2.05) is 0 Å². The molecule has 2 rings (SSSR count). The van der Waals surface area contributed by atoms with E-state index in [-0.39, 0.29) is 9.99 Å². The first-order valence-electron chi connectivity index (χ1n) is 4.17. The number of fused-ring (bicyclic) bond motifs is 1. The molecule has 9 heteroatoms. The Bertz CT molecular complexity index is 678. The van der Waals surface area contributed by atoms with E-state index >= 15 is 0 Å². The highest BCUT2D eigenvalue weighted by molar-refractivity contribution is 9.10. The summed E-state index contributed by atoms with van der Waals surface area (Å²) < 4.78 is 59.6. The second kappa shape index (κ2) is 3.70. The monoisotopic (exact) mass is 328 g/mol. The largest absolute Gasteiger partial charge is 0.501 e. The first-order valence-corrected chi connectivity index (χ1v) is 6.45. The summed E-state index contributed by atoms with van der Waals surface area (Å²) in [5.74, 6) is 0. The molecular formula is C8H4BrF3N2O2S. The third kappa shape index (κ3) is 1.93. The zero-order valence-electron chi connectivity index (χ0n) is 7.92. The first-order chi connectivity index (χ1) is 7.73. The molecule has 0 amide bonds. The van der Waals surface area contributed by atoms with E-state index in [1.165, 1.54) is 6.33 Å². The van der Waals surface area contributed by atoms with Crippen LogP contribution in [0.5, 0.6) is 0 Å². The molecule has 1 aromatic carbocycles. The van der Waals surface area contributed by atoms with Crippen molar-refractivity contribution in [3.63, 3.8) is 0 Å². The van der Waals surface area contributed by atoms with Crippen LogP contribution < -0.4 is 0 Å². The van der Waals surface area contributed by atoms with Gasteiger partial charge in [-0.1, -0.05) is 0 Å². The summed E-state index contributed by atoms with van der Waals surface area (Å²) in [5.41, 5.74) is -4.74. The number of hydrogen-bond acceptors (Lipinski definition) is 3. The zero-order chi connectivity index (χ0) is 12.8. The molecule has 92 valence electrons. The topological polar surface area (TPSA) is 62.8 Å². The van der Waals surface area contributed by atoms with Crippen molar-refractivity contribution in [2.45, 2.75) is 10.4 Å². The maximum absolute atomic E-state index is 12.3. The number of aromatic amines is 1. The van der Waals surface area contributed by atoms with Gasteiger partial charge in [-0.25, -0.2) is 13.4 Å². The van der Waals surface area contributed by atoms with E-state index in [1.54, 1.807) is 0 Å². The molecule has 0 spiro atoms. The minimum atomic E-state index is -5.35. The van der Waals surface area contributed by atoms with E-state index in [2.05, 4.69) is 25.9 Å². The fraction of sp³-hybridized carbons (Fsp3) is 0.125. The lowest BCUT2D eigenvalue weighted by atomic mass is 10.3. The molecule has 0 fully saturated rings. The SMILES string of the molecule is O=S(=O)(c1cc(Br)c2nc[nH]c2c1)C(F)(F)F. The highest BCUT2D eigenvalue weighted by Gasteiger charge is 2.47. The third-order valence-corrected chi connectivity index (χ3v) is 4.14. The molecule has 0 atom stereocenters. The Morgan fingerprint density at radius 2 is 1.94 bits per heavy atom. The van der Waals surface area contributed by atoms with Gasteiger partial charge in [-0.3, -0.25) is 0 Å². The van der Waals surface area contributed by atoms with Crippen LogP contribution in [-0.4, -0.2) is 23.9 Å². The Kier molecular flexibility index (Phi) is 2.69. The lowest BCUT2D eigenvalue weighted by Gasteiger charge is -2.08. The Balaban J connectivity index is 2.73. The predicted molar refractivity (Wildman–Crippen MR) is 57.0 cm³/mol. The number of benzene rings is 1. The molecule has 4 nitrogen and oxygen atoms in total. The third-order valence-electron chi connectivity index (χ3n) is 2.07. The molecular weight excluding hydrogens is 325 g/mol. The molecule has 1 heterocycles. The predicted octanol–water partition coefficient (Wildman–Crippen LogP) is 2.62. The number of halogens is 4. The van der Waals surface area contributed by atoms with Gasteiger partial charge in [0.25, 0.3) is 9.84 Å². The van der Waals surface area contributed by atoms with Gasteiger partial charge in [0.15, 0.2) is 0 Å². The second-order valence-electron chi connectivity index (χ2n) is 3.15. The number of sulfone groups is 1. The summed E-state index contributed by atoms with van der Waals surface area (Å²) in [6.07, 6.45) is 1.26. The molecule has 1 aromatic heterocycles. The number of hydrogen-bond donors (Lipinski definition) is 1. The van der Waals surface area contributed by atoms with Crippen molar-refractivity contribution >= 4 is 36.8 Å². The standard InChI is InChI=1S/C8H4BrF3N2O2S/c9-5-1-4(17(15,16)8(10,11)12)2-6-7(5)14-3-13-6/h1-3H,(H,13,14). The Morgan fingerprint density at radius 3 is 2.53 bits per heavy atom. The van der Waals surface area contributed by atoms with Crippen LogP contribution in [0.25, 0.3) is 11.0 Å². The van der Waals surface area contributed by atoms with E-state index in [4.69, 9.17) is 0 Å². The van der Waals surface area contributed by atoms with Crippen LogP contribution in [0.3, 0.4) is 0 Å². The lowest BCUT2D eigenvalue weighted by Crippen LogP contribution is -2.23. The van der Waals surface area contributed by atoms with Crippen molar-refractivity contribution < 1.29 is 21.6 Å². The Morgan fingerprint density at radius 1 is 1.29 bits per heavy atom. The maximum Gasteiger partial charge on any atom is 0.501 e. The fourth-order valence-electron chi connectivity index (χ4n) is 1.27. The smallest absolute Gasteiger partial charge is 0.345 e. The van der Waals surface area contributed by atoms with Gasteiger partial charge in [0.05, 0.1) is 16.7 Å². The number of H-pyrrole nitrogens is 1. The molecule has 0 saturated carbocycles. The van der Waals surface area contributed by atoms with E-state index < -0.39 is 20.2 Å². The maximum atomic E-state index is 12.3. The highest BCUT2D eigenvalue weighted by Crippen LogP contribution is 2.33. The summed E-state index contributed by atoms with van der Waals surface area (Å²) in [6, 6.07) is 1.78. The van der Waals surface area contributed by atoms with Crippen LogP contribution in [0.4, 0.5) is 13.2 Å². The summed E-state index contributed by atoms with van der Waals surface area (Å²) in [7, 11) is -5.35. The lowest BCUT2D eigenvalue weighted by molar-refractivity contribution is -0.0435. The number of alkyl halides is 3. The summed E-state index contributed by atoms with van der Waals surface area (Å²) in [6.45, 7) is 0. The van der Waals surface area contributed by atoms with E-state index in [0.717, 1.165) is 12.1 Å². The van der Waals surface area contributed by atoms with Crippen molar-refractivity contribution in [1.29, 1.82) is 0 Å². The zero-order valence-corrected chi connectivity index (χ0v) is 10.3. The van der Waals surface area contributed by atoms with Crippen LogP contribution in [0.15, 0.2) is 27.8 Å². The molecule has 0 aliphatic rings. The Hall–Kier alpha value is -1.09. The van der Waals surface area contributed by atoms with E-state index in [9.17, 15) is 21.6 Å². The summed E-state index contributed by atoms with van der Waals surface area (Å²) in [4.78, 5) is 5.55. The average Bonchev–Trinajstić information content (AvgIpc) is 2.64. The van der Waals surface area contributed by atoms with Crippen molar-refractivity contribution in [3.8, 4) is 0 Å². The number of rotatable bonds is 1. The molecule has 0 radical (unpaired) electrons. The van der Waals surface area contributed by atoms with E-state index in [0.29, 0.717) is 5.52 Å². The summed E-state index contributed by atoms with van der Waals surface area (Å²) >= 11 is 2.97. The van der Waals surface area contributed by atoms with Gasteiger partial charge in [-0.05, 0) is 28.1 Å². The van der Waals surface area contributed by atoms with Crippen LogP contribution in [-0.2, 0) is 9.84 Å². The number of nitrogens with one attached hydrogen (secondary N) is 1. The van der Waals surface area contributed by atoms with Crippen molar-refractivity contribution in [2.24, 2.45) is 0 Å². The number of imidazole rings is 1. The van der Waals surface area contributed by atoms with Gasteiger partial charge in [0, 0.05) is 4.47 Å². The first kappa shape index (κ1) is 12.4. The van der Waals surface area contributed by atoms with Crippen LogP contribution in [0.2, 0.25) is 0 Å². The van der Waals surface area contributed by atoms with Crippen LogP contribution >= 0.6 is 15.9 Å². The fourth-order valence-corrected chi connectivity index (χ4v) is 2.80. The van der Waals surface area contributed by atoms with Gasteiger partial charge >= 0.3 is 5.51 Å². The summed E-state index contributed by atoms with van der Waals surface area (Å²) in [5, 5.41) is 0. The minimum Gasteiger partial charge on any atom is -0.345 e. The molecule has 0 aliphatic heterocycles. The molecule has 0 unspecified atom stereocenters. The number of aromatic nitrogens is 2. The highest BCUT2D eigenvalue weighted by atomic mass is 79.9. The molecule has 0 saturated heterocycles. The average molecular weight is 329 g/mol. The van der Waals surface area contributed by atoms with Gasteiger partial charge in [0.1, 0.15) is 5.52 Å². The minimum absolute atomic E-state index is 0.180. The number of nitrogens with zero attached hydrogens (tertiary/aromatic N) is 1. The van der Waals surface area contributed by atoms with Gasteiger partial charge in [-0.15, -0.1) is 0 Å². The second-order valence-corrected chi connectivity index (χ2v) is 5.95. The van der Waals surface area contributed by atoms with Crippen LogP contribution in [0.1, 0.15) is 0 Å². The quantitative estimate of drug-likeness (QED) is 0.875. The normalized spacial score (nSPS) is 13.2.